The second-order valence-corrected chi connectivity index (χ2v) is 6.42. The van der Waals surface area contributed by atoms with Crippen molar-refractivity contribution in [1.29, 1.82) is 0 Å². The van der Waals surface area contributed by atoms with E-state index in [0.717, 1.165) is 17.8 Å². The summed E-state index contributed by atoms with van der Waals surface area (Å²) in [5.74, 6) is 0. The highest BCUT2D eigenvalue weighted by molar-refractivity contribution is 7.99. The molecular formula is C15H31NS. The summed E-state index contributed by atoms with van der Waals surface area (Å²) in [6.45, 7) is 3.37. The van der Waals surface area contributed by atoms with Crippen LogP contribution in [0.5, 0.6) is 0 Å². The van der Waals surface area contributed by atoms with Crippen LogP contribution in [0.2, 0.25) is 0 Å². The predicted molar refractivity (Wildman–Crippen MR) is 80.9 cm³/mol. The Labute approximate surface area is 113 Å². The van der Waals surface area contributed by atoms with Crippen molar-refractivity contribution in [2.75, 3.05) is 12.8 Å². The zero-order chi connectivity index (χ0) is 12.3. The first-order valence-electron chi connectivity index (χ1n) is 7.64. The maximum atomic E-state index is 3.72. The van der Waals surface area contributed by atoms with Crippen LogP contribution in [0.3, 0.4) is 0 Å². The van der Waals surface area contributed by atoms with Crippen molar-refractivity contribution in [3.63, 3.8) is 0 Å². The monoisotopic (exact) mass is 257 g/mol. The standard InChI is InChI=1S/C15H31NS/c1-3-16-14-12-10-8-6-4-5-7-9-11-13-15(14)17-2/h14-16H,3-13H2,1-2H3. The average Bonchev–Trinajstić information content (AvgIpc) is 2.33. The second-order valence-electron chi connectivity index (χ2n) is 5.34. The molecule has 2 unspecified atom stereocenters. The fraction of sp³-hybridized carbons (Fsp3) is 1.00. The Morgan fingerprint density at radius 3 is 1.94 bits per heavy atom. The van der Waals surface area contributed by atoms with Crippen LogP contribution in [-0.2, 0) is 0 Å². The van der Waals surface area contributed by atoms with E-state index in [1.54, 1.807) is 0 Å². The summed E-state index contributed by atoms with van der Waals surface area (Å²) in [5.41, 5.74) is 0. The van der Waals surface area contributed by atoms with Crippen LogP contribution in [0, 0.1) is 0 Å². The molecule has 17 heavy (non-hydrogen) atoms. The quantitative estimate of drug-likeness (QED) is 0.792. The van der Waals surface area contributed by atoms with E-state index in [-0.39, 0.29) is 0 Å². The normalized spacial score (nSPS) is 29.3. The van der Waals surface area contributed by atoms with E-state index >= 15 is 0 Å². The fourth-order valence-electron chi connectivity index (χ4n) is 2.94. The van der Waals surface area contributed by atoms with Gasteiger partial charge in [0.15, 0.2) is 0 Å². The van der Waals surface area contributed by atoms with E-state index in [1.165, 1.54) is 64.2 Å². The minimum atomic E-state index is 0.759. The maximum Gasteiger partial charge on any atom is 0.0198 e. The van der Waals surface area contributed by atoms with Gasteiger partial charge in [-0.1, -0.05) is 58.3 Å². The third kappa shape index (κ3) is 6.71. The van der Waals surface area contributed by atoms with Gasteiger partial charge in [0.05, 0.1) is 0 Å². The Bertz CT molecular complexity index is 172. The lowest BCUT2D eigenvalue weighted by Gasteiger charge is -2.27. The van der Waals surface area contributed by atoms with E-state index in [4.69, 9.17) is 0 Å². The maximum absolute atomic E-state index is 3.72. The van der Waals surface area contributed by atoms with Crippen LogP contribution < -0.4 is 5.32 Å². The van der Waals surface area contributed by atoms with Gasteiger partial charge in [-0.25, -0.2) is 0 Å². The zero-order valence-electron chi connectivity index (χ0n) is 11.8. The molecule has 0 saturated heterocycles. The van der Waals surface area contributed by atoms with E-state index in [2.05, 4.69) is 30.3 Å². The van der Waals surface area contributed by atoms with Gasteiger partial charge in [-0.3, -0.25) is 0 Å². The Hall–Kier alpha value is 0.310. The number of rotatable bonds is 3. The minimum absolute atomic E-state index is 0.759. The van der Waals surface area contributed by atoms with Crippen LogP contribution in [0.25, 0.3) is 0 Å². The Balaban J connectivity index is 2.42. The number of nitrogens with one attached hydrogen (secondary N) is 1. The Morgan fingerprint density at radius 2 is 1.41 bits per heavy atom. The van der Waals surface area contributed by atoms with Crippen molar-refractivity contribution in [1.82, 2.24) is 5.32 Å². The van der Waals surface area contributed by atoms with Gasteiger partial charge in [0.2, 0.25) is 0 Å². The molecule has 0 aliphatic heterocycles. The van der Waals surface area contributed by atoms with Gasteiger partial charge in [0, 0.05) is 11.3 Å². The van der Waals surface area contributed by atoms with Gasteiger partial charge >= 0.3 is 0 Å². The highest BCUT2D eigenvalue weighted by Crippen LogP contribution is 2.24. The van der Waals surface area contributed by atoms with Crippen molar-refractivity contribution < 1.29 is 0 Å². The first-order valence-corrected chi connectivity index (χ1v) is 8.93. The van der Waals surface area contributed by atoms with Crippen molar-refractivity contribution in [2.24, 2.45) is 0 Å². The molecule has 102 valence electrons. The average molecular weight is 257 g/mol. The summed E-state index contributed by atoms with van der Waals surface area (Å²) < 4.78 is 0. The molecule has 0 amide bonds. The van der Waals surface area contributed by atoms with Gasteiger partial charge in [-0.15, -0.1) is 0 Å². The first-order chi connectivity index (χ1) is 8.38. The highest BCUT2D eigenvalue weighted by atomic mass is 32.2. The van der Waals surface area contributed by atoms with E-state index in [1.807, 2.05) is 0 Å². The molecule has 1 fully saturated rings. The predicted octanol–water partition coefficient (Wildman–Crippen LogP) is 4.61. The van der Waals surface area contributed by atoms with Crippen LogP contribution in [0.4, 0.5) is 0 Å². The van der Waals surface area contributed by atoms with Gasteiger partial charge in [-0.2, -0.15) is 11.8 Å². The van der Waals surface area contributed by atoms with Crippen molar-refractivity contribution in [2.45, 2.75) is 82.4 Å². The third-order valence-corrected chi connectivity index (χ3v) is 5.14. The molecule has 0 radical (unpaired) electrons. The van der Waals surface area contributed by atoms with Gasteiger partial charge in [0.25, 0.3) is 0 Å². The van der Waals surface area contributed by atoms with Gasteiger partial charge in [-0.05, 0) is 25.6 Å². The molecule has 0 bridgehead atoms. The molecule has 1 rings (SSSR count). The van der Waals surface area contributed by atoms with Crippen molar-refractivity contribution >= 4 is 11.8 Å². The lowest BCUT2D eigenvalue weighted by molar-refractivity contribution is 0.420. The van der Waals surface area contributed by atoms with Gasteiger partial charge < -0.3 is 5.32 Å². The molecule has 2 heteroatoms. The molecule has 2 atom stereocenters. The van der Waals surface area contributed by atoms with Crippen LogP contribution in [-0.4, -0.2) is 24.1 Å². The molecule has 1 aliphatic carbocycles. The summed E-state index contributed by atoms with van der Waals surface area (Å²) in [5, 5.41) is 4.56. The number of hydrogen-bond acceptors (Lipinski definition) is 2. The molecule has 1 N–H and O–H groups in total. The number of thioether (sulfide) groups is 1. The summed E-state index contributed by atoms with van der Waals surface area (Å²) in [6, 6.07) is 0.759. The van der Waals surface area contributed by atoms with Crippen molar-refractivity contribution in [3.8, 4) is 0 Å². The lowest BCUT2D eigenvalue weighted by Crippen LogP contribution is -2.38. The molecule has 1 aliphatic rings. The smallest absolute Gasteiger partial charge is 0.0198 e. The van der Waals surface area contributed by atoms with Gasteiger partial charge in [0.1, 0.15) is 0 Å². The largest absolute Gasteiger partial charge is 0.313 e. The molecule has 0 aromatic carbocycles. The van der Waals surface area contributed by atoms with Crippen LogP contribution in [0.15, 0.2) is 0 Å². The second kappa shape index (κ2) is 10.3. The molecule has 1 saturated carbocycles. The number of hydrogen-bond donors (Lipinski definition) is 1. The highest BCUT2D eigenvalue weighted by Gasteiger charge is 2.19. The zero-order valence-corrected chi connectivity index (χ0v) is 12.7. The van der Waals surface area contributed by atoms with Crippen LogP contribution in [0.1, 0.15) is 71.1 Å². The molecule has 1 nitrogen and oxygen atoms in total. The molecule has 0 aromatic rings. The molecule has 0 aromatic heterocycles. The summed E-state index contributed by atoms with van der Waals surface area (Å²) in [7, 11) is 0. The van der Waals surface area contributed by atoms with Crippen LogP contribution >= 0.6 is 11.8 Å². The first kappa shape index (κ1) is 15.4. The van der Waals surface area contributed by atoms with E-state index in [9.17, 15) is 0 Å². The summed E-state index contributed by atoms with van der Waals surface area (Å²) in [6.07, 6.45) is 16.7. The summed E-state index contributed by atoms with van der Waals surface area (Å²) >= 11 is 2.08. The topological polar surface area (TPSA) is 12.0 Å². The lowest BCUT2D eigenvalue weighted by atomic mass is 9.97. The molecule has 0 heterocycles. The van der Waals surface area contributed by atoms with E-state index in [0.29, 0.717) is 0 Å². The molecular weight excluding hydrogens is 226 g/mol. The summed E-state index contributed by atoms with van der Waals surface area (Å²) in [4.78, 5) is 0. The fourth-order valence-corrected chi connectivity index (χ4v) is 3.90. The Kier molecular flexibility index (Phi) is 9.27. The van der Waals surface area contributed by atoms with E-state index < -0.39 is 0 Å². The molecule has 0 spiro atoms. The third-order valence-electron chi connectivity index (χ3n) is 3.97. The SMILES string of the molecule is CCNC1CCCCCCCCCCC1SC. The minimum Gasteiger partial charge on any atom is -0.313 e. The Morgan fingerprint density at radius 1 is 0.882 bits per heavy atom. The van der Waals surface area contributed by atoms with Crippen molar-refractivity contribution in [3.05, 3.63) is 0 Å².